The van der Waals surface area contributed by atoms with Gasteiger partial charge in [0, 0.05) is 17.2 Å². The third-order valence-corrected chi connectivity index (χ3v) is 2.99. The number of alkyl halides is 3. The summed E-state index contributed by atoms with van der Waals surface area (Å²) in [5.74, 6) is -0.405. The summed E-state index contributed by atoms with van der Waals surface area (Å²) >= 11 is 0.959. The zero-order valence-corrected chi connectivity index (χ0v) is 9.18. The second-order valence-corrected chi connectivity index (χ2v) is 4.31. The monoisotopic (exact) mass is 251 g/mol. The molecule has 0 spiro atoms. The minimum absolute atomic E-state index is 0.343. The molecule has 90 valence electrons. The lowest BCUT2D eigenvalue weighted by molar-refractivity contribution is -0.195. The standard InChI is InChI=1S/C10H12F3NOS/c11-10(12,13)9(15)6-16-8-3-1-2-7(4-8)5-14/h1-4,9,15H,5-6,14H2. The molecule has 0 radical (unpaired) electrons. The molecule has 0 amide bonds. The van der Waals surface area contributed by atoms with E-state index in [1.165, 1.54) is 0 Å². The second-order valence-electron chi connectivity index (χ2n) is 3.22. The van der Waals surface area contributed by atoms with Crippen LogP contribution in [-0.2, 0) is 6.54 Å². The van der Waals surface area contributed by atoms with Crippen LogP contribution in [0, 0.1) is 0 Å². The van der Waals surface area contributed by atoms with E-state index in [4.69, 9.17) is 10.8 Å². The topological polar surface area (TPSA) is 46.2 Å². The lowest BCUT2D eigenvalue weighted by Crippen LogP contribution is -2.30. The van der Waals surface area contributed by atoms with Crippen molar-refractivity contribution >= 4 is 11.8 Å². The first kappa shape index (κ1) is 13.3. The highest BCUT2D eigenvalue weighted by atomic mass is 32.2. The van der Waals surface area contributed by atoms with Crippen LogP contribution >= 0.6 is 11.8 Å². The highest BCUT2D eigenvalue weighted by molar-refractivity contribution is 7.99. The summed E-state index contributed by atoms with van der Waals surface area (Å²) in [5.41, 5.74) is 6.26. The van der Waals surface area contributed by atoms with Crippen molar-refractivity contribution in [2.75, 3.05) is 5.75 Å². The van der Waals surface area contributed by atoms with Gasteiger partial charge in [0.2, 0.25) is 0 Å². The van der Waals surface area contributed by atoms with Crippen molar-refractivity contribution < 1.29 is 18.3 Å². The molecule has 0 aliphatic carbocycles. The molecule has 1 unspecified atom stereocenters. The Morgan fingerprint density at radius 2 is 2.06 bits per heavy atom. The summed E-state index contributed by atoms with van der Waals surface area (Å²) in [6.07, 6.45) is -6.85. The van der Waals surface area contributed by atoms with E-state index in [9.17, 15) is 13.2 Å². The number of thioether (sulfide) groups is 1. The van der Waals surface area contributed by atoms with E-state index in [0.717, 1.165) is 17.3 Å². The van der Waals surface area contributed by atoms with Gasteiger partial charge >= 0.3 is 6.18 Å². The largest absolute Gasteiger partial charge is 0.415 e. The summed E-state index contributed by atoms with van der Waals surface area (Å²) in [6.45, 7) is 0.343. The van der Waals surface area contributed by atoms with E-state index in [1.54, 1.807) is 24.3 Å². The van der Waals surface area contributed by atoms with E-state index in [0.29, 0.717) is 11.4 Å². The van der Waals surface area contributed by atoms with Crippen LogP contribution in [0.1, 0.15) is 5.56 Å². The number of hydrogen-bond donors (Lipinski definition) is 2. The molecule has 0 aromatic heterocycles. The molecular weight excluding hydrogens is 239 g/mol. The molecule has 1 rings (SSSR count). The summed E-state index contributed by atoms with van der Waals surface area (Å²) in [4.78, 5) is 0.672. The van der Waals surface area contributed by atoms with Gasteiger partial charge in [-0.2, -0.15) is 13.2 Å². The maximum atomic E-state index is 12.0. The van der Waals surface area contributed by atoms with Crippen LogP contribution in [0.5, 0.6) is 0 Å². The Kier molecular flexibility index (Phi) is 4.64. The van der Waals surface area contributed by atoms with E-state index in [1.807, 2.05) is 0 Å². The second kappa shape index (κ2) is 5.56. The van der Waals surface area contributed by atoms with Crippen molar-refractivity contribution in [1.82, 2.24) is 0 Å². The molecule has 0 saturated heterocycles. The third kappa shape index (κ3) is 4.03. The van der Waals surface area contributed by atoms with Crippen LogP contribution in [0.4, 0.5) is 13.2 Å². The number of hydrogen-bond acceptors (Lipinski definition) is 3. The van der Waals surface area contributed by atoms with E-state index in [-0.39, 0.29) is 0 Å². The fourth-order valence-corrected chi connectivity index (χ4v) is 1.98. The van der Waals surface area contributed by atoms with Gasteiger partial charge in [0.25, 0.3) is 0 Å². The van der Waals surface area contributed by atoms with Crippen molar-refractivity contribution in [1.29, 1.82) is 0 Å². The summed E-state index contributed by atoms with van der Waals surface area (Å²) in [5, 5.41) is 8.80. The van der Waals surface area contributed by atoms with Crippen molar-refractivity contribution in [3.05, 3.63) is 29.8 Å². The zero-order valence-electron chi connectivity index (χ0n) is 8.37. The lowest BCUT2D eigenvalue weighted by atomic mass is 10.2. The van der Waals surface area contributed by atoms with Gasteiger partial charge in [-0.05, 0) is 17.7 Å². The molecule has 16 heavy (non-hydrogen) atoms. The molecule has 3 N–H and O–H groups in total. The summed E-state index contributed by atoms with van der Waals surface area (Å²) < 4.78 is 36.0. The van der Waals surface area contributed by atoms with E-state index in [2.05, 4.69) is 0 Å². The highest BCUT2D eigenvalue weighted by Crippen LogP contribution is 2.26. The average Bonchev–Trinajstić information content (AvgIpc) is 2.25. The number of aliphatic hydroxyl groups excluding tert-OH is 1. The van der Waals surface area contributed by atoms with Crippen LogP contribution in [0.2, 0.25) is 0 Å². The fourth-order valence-electron chi connectivity index (χ4n) is 1.03. The Bertz CT molecular complexity index is 343. The lowest BCUT2D eigenvalue weighted by Gasteiger charge is -2.13. The van der Waals surface area contributed by atoms with Gasteiger partial charge in [-0.25, -0.2) is 0 Å². The first-order valence-corrected chi connectivity index (χ1v) is 5.58. The molecular formula is C10H12F3NOS. The van der Waals surface area contributed by atoms with Gasteiger partial charge in [-0.3, -0.25) is 0 Å². The number of benzene rings is 1. The smallest absolute Gasteiger partial charge is 0.383 e. The summed E-state index contributed by atoms with van der Waals surface area (Å²) in [6, 6.07) is 6.93. The van der Waals surface area contributed by atoms with Gasteiger partial charge < -0.3 is 10.8 Å². The minimum Gasteiger partial charge on any atom is -0.383 e. The zero-order chi connectivity index (χ0) is 12.2. The van der Waals surface area contributed by atoms with Crippen molar-refractivity contribution in [3.8, 4) is 0 Å². The maximum absolute atomic E-state index is 12.0. The molecule has 1 aromatic rings. The van der Waals surface area contributed by atoms with Gasteiger partial charge in [0.1, 0.15) is 0 Å². The molecule has 0 saturated carbocycles. The molecule has 0 fully saturated rings. The molecule has 1 aromatic carbocycles. The van der Waals surface area contributed by atoms with Crippen LogP contribution in [-0.4, -0.2) is 23.1 Å². The first-order valence-electron chi connectivity index (χ1n) is 4.60. The van der Waals surface area contributed by atoms with Gasteiger partial charge in [-0.15, -0.1) is 11.8 Å². The SMILES string of the molecule is NCc1cccc(SCC(O)C(F)(F)F)c1. The van der Waals surface area contributed by atoms with E-state index < -0.39 is 18.0 Å². The third-order valence-electron chi connectivity index (χ3n) is 1.92. The van der Waals surface area contributed by atoms with Crippen molar-refractivity contribution in [2.45, 2.75) is 23.7 Å². The van der Waals surface area contributed by atoms with Crippen LogP contribution < -0.4 is 5.73 Å². The number of nitrogens with two attached hydrogens (primary N) is 1. The molecule has 0 aliphatic heterocycles. The van der Waals surface area contributed by atoms with Crippen LogP contribution in [0.15, 0.2) is 29.2 Å². The van der Waals surface area contributed by atoms with E-state index >= 15 is 0 Å². The number of aliphatic hydroxyl groups is 1. The predicted octanol–water partition coefficient (Wildman–Crippen LogP) is 2.16. The van der Waals surface area contributed by atoms with Crippen molar-refractivity contribution in [2.24, 2.45) is 5.73 Å². The van der Waals surface area contributed by atoms with Crippen LogP contribution in [0.3, 0.4) is 0 Å². The summed E-state index contributed by atoms with van der Waals surface area (Å²) in [7, 11) is 0. The number of halogens is 3. The quantitative estimate of drug-likeness (QED) is 0.806. The Morgan fingerprint density at radius 1 is 1.38 bits per heavy atom. The Labute approximate surface area is 95.6 Å². The molecule has 2 nitrogen and oxygen atoms in total. The predicted molar refractivity (Wildman–Crippen MR) is 57.1 cm³/mol. The Hall–Kier alpha value is -0.720. The average molecular weight is 251 g/mol. The molecule has 6 heteroatoms. The highest BCUT2D eigenvalue weighted by Gasteiger charge is 2.37. The molecule has 0 bridgehead atoms. The number of rotatable bonds is 4. The molecule has 0 aliphatic rings. The van der Waals surface area contributed by atoms with Gasteiger partial charge in [0.15, 0.2) is 6.10 Å². The minimum atomic E-state index is -4.56. The molecule has 1 atom stereocenters. The first-order chi connectivity index (χ1) is 7.43. The van der Waals surface area contributed by atoms with Crippen LogP contribution in [0.25, 0.3) is 0 Å². The Morgan fingerprint density at radius 3 is 2.62 bits per heavy atom. The van der Waals surface area contributed by atoms with Crippen molar-refractivity contribution in [3.63, 3.8) is 0 Å². The normalized spacial score (nSPS) is 13.8. The fraction of sp³-hybridized carbons (Fsp3) is 0.400. The van der Waals surface area contributed by atoms with Gasteiger partial charge in [0.05, 0.1) is 0 Å². The Balaban J connectivity index is 2.54. The molecule has 0 heterocycles. The maximum Gasteiger partial charge on any atom is 0.415 e. The van der Waals surface area contributed by atoms with Gasteiger partial charge in [-0.1, -0.05) is 12.1 Å².